The minimum Gasteiger partial charge on any atom is -0.341 e. The van der Waals surface area contributed by atoms with E-state index in [9.17, 15) is 38.4 Å². The Hall–Kier alpha value is -12.0. The van der Waals surface area contributed by atoms with Crippen LogP contribution < -0.4 is 21.3 Å². The van der Waals surface area contributed by atoms with Crippen molar-refractivity contribution in [3.63, 3.8) is 0 Å². The van der Waals surface area contributed by atoms with E-state index < -0.39 is 0 Å². The summed E-state index contributed by atoms with van der Waals surface area (Å²) < 4.78 is 0. The summed E-state index contributed by atoms with van der Waals surface area (Å²) >= 11 is 0. The number of benzene rings is 8. The zero-order valence-electron chi connectivity index (χ0n) is 58.7. The SMILES string of the molecule is CCC(C)CC(=O)/C(=C/c1ccccc1)NC(=O)/C=C/c1ccccc1.CCCC(=O)/C(=C/c1ccccc1)NC(=O)/C=C/c1ccccc1.CCCCCC(=O)/C(=C/c1ccccc1)NC(=O)/C=C/c1ccccc1.CCN(C)C(=O)/C(=C/c1ccccc1)NC(=O)/C=C/c1ccccc1. The third-order valence-electron chi connectivity index (χ3n) is 15.0. The highest BCUT2D eigenvalue weighted by atomic mass is 16.2. The van der Waals surface area contributed by atoms with Gasteiger partial charge in [0.1, 0.15) is 5.70 Å². The fourth-order valence-electron chi connectivity index (χ4n) is 9.17. The van der Waals surface area contributed by atoms with Crippen molar-refractivity contribution in [2.24, 2.45) is 5.92 Å². The van der Waals surface area contributed by atoms with Gasteiger partial charge in [0.25, 0.3) is 5.91 Å². The molecule has 0 radical (unpaired) electrons. The second-order valence-corrected chi connectivity index (χ2v) is 23.3. The molecule has 1 atom stereocenters. The van der Waals surface area contributed by atoms with Crippen molar-refractivity contribution in [1.29, 1.82) is 0 Å². The summed E-state index contributed by atoms with van der Waals surface area (Å²) in [5, 5.41) is 10.9. The van der Waals surface area contributed by atoms with Crippen LogP contribution in [-0.2, 0) is 38.4 Å². The highest BCUT2D eigenvalue weighted by Gasteiger charge is 2.18. The topological polar surface area (TPSA) is 188 Å². The van der Waals surface area contributed by atoms with Crippen molar-refractivity contribution in [2.45, 2.75) is 86.0 Å². The van der Waals surface area contributed by atoms with Crippen molar-refractivity contribution in [3.8, 4) is 0 Å². The summed E-state index contributed by atoms with van der Waals surface area (Å²) in [7, 11) is 1.70. The van der Waals surface area contributed by atoms with Gasteiger partial charge in [-0.1, -0.05) is 290 Å². The normalized spacial score (nSPS) is 11.8. The largest absolute Gasteiger partial charge is 0.341 e. The number of Topliss-reactive ketones (excluding diaryl/α,β-unsaturated/α-hetero) is 3. The molecule has 8 rings (SSSR count). The molecule has 4 N–H and O–H groups in total. The molecule has 8 aromatic carbocycles. The van der Waals surface area contributed by atoms with Gasteiger partial charge >= 0.3 is 0 Å². The van der Waals surface area contributed by atoms with Crippen LogP contribution in [0.2, 0.25) is 0 Å². The van der Waals surface area contributed by atoms with Crippen molar-refractivity contribution in [2.75, 3.05) is 13.6 Å². The van der Waals surface area contributed by atoms with Gasteiger partial charge < -0.3 is 26.2 Å². The number of likely N-dealkylation sites (N-methyl/N-ethyl adjacent to an activating group) is 1. The molecule has 0 saturated carbocycles. The second-order valence-electron chi connectivity index (χ2n) is 23.3. The number of hydrogen-bond acceptors (Lipinski definition) is 8. The molecule has 13 heteroatoms. The van der Waals surface area contributed by atoms with E-state index in [1.807, 2.05) is 263 Å². The Kier molecular flexibility index (Phi) is 37.2. The van der Waals surface area contributed by atoms with E-state index in [1.54, 1.807) is 60.6 Å². The van der Waals surface area contributed by atoms with Gasteiger partial charge in [-0.3, -0.25) is 38.4 Å². The third-order valence-corrected chi connectivity index (χ3v) is 15.0. The quantitative estimate of drug-likeness (QED) is 0.0253. The molecule has 101 heavy (non-hydrogen) atoms. The first kappa shape index (κ1) is 79.7. The van der Waals surface area contributed by atoms with Crippen molar-refractivity contribution in [1.82, 2.24) is 26.2 Å². The Bertz CT molecular complexity index is 4110. The van der Waals surface area contributed by atoms with Gasteiger partial charge in [-0.05, 0) is 119 Å². The molecule has 8 aromatic rings. The maximum Gasteiger partial charge on any atom is 0.270 e. The average molecular weight is 1350 g/mol. The molecule has 0 heterocycles. The molecule has 13 nitrogen and oxygen atoms in total. The predicted molar refractivity (Wildman–Crippen MR) is 414 cm³/mol. The first-order valence-corrected chi connectivity index (χ1v) is 34.1. The van der Waals surface area contributed by atoms with Crippen molar-refractivity contribution < 1.29 is 38.4 Å². The lowest BCUT2D eigenvalue weighted by Crippen LogP contribution is -2.35. The molecule has 0 spiro atoms. The number of hydrogen-bond donors (Lipinski definition) is 4. The second kappa shape index (κ2) is 47.1. The molecule has 0 aliphatic heterocycles. The molecular formula is C88H93N5O8. The zero-order valence-corrected chi connectivity index (χ0v) is 58.7. The number of rotatable bonds is 30. The van der Waals surface area contributed by atoms with Crippen molar-refractivity contribution in [3.05, 3.63) is 334 Å². The van der Waals surface area contributed by atoms with Gasteiger partial charge in [-0.15, -0.1) is 0 Å². The molecule has 1 unspecified atom stereocenters. The Morgan fingerprint density at radius 3 is 0.851 bits per heavy atom. The van der Waals surface area contributed by atoms with Crippen LogP contribution in [0, 0.1) is 5.92 Å². The summed E-state index contributed by atoms with van der Waals surface area (Å²) in [6.45, 7) is 10.6. The lowest BCUT2D eigenvalue weighted by atomic mass is 9.99. The van der Waals surface area contributed by atoms with Crippen LogP contribution in [0.5, 0.6) is 0 Å². The predicted octanol–water partition coefficient (Wildman–Crippen LogP) is 17.4. The van der Waals surface area contributed by atoms with E-state index in [1.165, 1.54) is 24.3 Å². The van der Waals surface area contributed by atoms with E-state index in [0.717, 1.165) is 76.6 Å². The van der Waals surface area contributed by atoms with Gasteiger partial charge in [-0.2, -0.15) is 0 Å². The number of nitrogens with zero attached hydrogens (tertiary/aromatic N) is 1. The van der Waals surface area contributed by atoms with Crippen LogP contribution in [-0.4, -0.2) is 65.4 Å². The number of unbranched alkanes of at least 4 members (excludes halogenated alkanes) is 2. The first-order valence-electron chi connectivity index (χ1n) is 34.1. The van der Waals surface area contributed by atoms with Crippen LogP contribution in [0.15, 0.2) is 290 Å². The number of allylic oxidation sites excluding steroid dienone is 3. The molecule has 0 fully saturated rings. The highest BCUT2D eigenvalue weighted by Crippen LogP contribution is 2.16. The fourth-order valence-corrected chi connectivity index (χ4v) is 9.17. The molecule has 0 saturated heterocycles. The summed E-state index contributed by atoms with van der Waals surface area (Å²) in [5.41, 5.74) is 8.47. The number of carbonyl (C=O) groups excluding carboxylic acids is 8. The molecule has 0 aromatic heterocycles. The minimum absolute atomic E-state index is 0.0382. The van der Waals surface area contributed by atoms with Crippen LogP contribution >= 0.6 is 0 Å². The molecule has 0 aliphatic carbocycles. The van der Waals surface area contributed by atoms with Gasteiger partial charge in [0.15, 0.2) is 17.3 Å². The van der Waals surface area contributed by atoms with Gasteiger partial charge in [0.05, 0.1) is 17.1 Å². The summed E-state index contributed by atoms with van der Waals surface area (Å²) in [4.78, 5) is 100. The molecular weight excluding hydrogens is 1250 g/mol. The monoisotopic (exact) mass is 1350 g/mol. The summed E-state index contributed by atoms with van der Waals surface area (Å²) in [6, 6.07) is 76.2. The smallest absolute Gasteiger partial charge is 0.270 e. The van der Waals surface area contributed by atoms with Gasteiger partial charge in [0.2, 0.25) is 23.6 Å². The van der Waals surface area contributed by atoms with E-state index in [2.05, 4.69) is 35.1 Å². The fraction of sp³-hybridized carbons (Fsp3) is 0.182. The first-order chi connectivity index (χ1) is 49.0. The Balaban J connectivity index is 0.000000243. The summed E-state index contributed by atoms with van der Waals surface area (Å²) in [5.74, 6) is -1.38. The van der Waals surface area contributed by atoms with Crippen molar-refractivity contribution >= 4 is 95.5 Å². The Morgan fingerprint density at radius 2 is 0.584 bits per heavy atom. The standard InChI is InChI=1S/2C23H25NO2.C21H22N2O2.C21H21NO2/c1-3-18(2)16-22(25)21(17-20-12-8-5-9-13-20)24-23(26)15-14-19-10-6-4-7-11-19;1-2-3-6-15-22(25)21(18-20-13-9-5-10-14-20)24-23(26)17-16-19-11-7-4-8-12-19;1-3-23(2)21(25)19(16-18-12-8-5-9-13-18)22-20(24)15-14-17-10-6-4-7-11-17;1-2-9-20(23)19(16-18-12-7-4-8-13-18)22-21(24)15-14-17-10-5-3-6-11-17/h4-15,17-18H,3,16H2,1-2H3,(H,24,26);4-5,7-14,16-18H,2-3,6,15H2,1H3,(H,24,26);4-16H,3H2,1-2H3,(H,22,24);3-8,10-16H,2,9H2,1H3,(H,22,24)/b15-14+,21-17-;17-16+,21-18-;2*15-14+,19-16-. The van der Waals surface area contributed by atoms with Crippen LogP contribution in [0.1, 0.15) is 130 Å². The molecule has 0 aliphatic rings. The van der Waals surface area contributed by atoms with E-state index in [0.29, 0.717) is 42.9 Å². The number of carbonyl (C=O) groups is 8. The van der Waals surface area contributed by atoms with Crippen LogP contribution in [0.4, 0.5) is 0 Å². The zero-order chi connectivity index (χ0) is 72.7. The number of ketones is 3. The van der Waals surface area contributed by atoms with Gasteiger partial charge in [0, 0.05) is 57.2 Å². The maximum atomic E-state index is 12.6. The van der Waals surface area contributed by atoms with Gasteiger partial charge in [-0.25, -0.2) is 0 Å². The Morgan fingerprint density at radius 1 is 0.327 bits per heavy atom. The lowest BCUT2D eigenvalue weighted by molar-refractivity contribution is -0.127. The highest BCUT2D eigenvalue weighted by molar-refractivity contribution is 6.08. The van der Waals surface area contributed by atoms with E-state index in [-0.39, 0.29) is 58.5 Å². The molecule has 5 amide bonds. The van der Waals surface area contributed by atoms with Crippen LogP contribution in [0.25, 0.3) is 48.6 Å². The average Bonchev–Trinajstić information content (AvgIpc) is 1.10. The maximum absolute atomic E-state index is 12.6. The molecule has 0 bridgehead atoms. The Labute approximate surface area is 596 Å². The van der Waals surface area contributed by atoms with Crippen LogP contribution in [0.3, 0.4) is 0 Å². The number of amides is 5. The molecule has 518 valence electrons. The minimum atomic E-state index is -0.344. The summed E-state index contributed by atoms with van der Waals surface area (Å²) in [6.07, 6.45) is 25.3. The van der Waals surface area contributed by atoms with E-state index in [4.69, 9.17) is 0 Å². The third kappa shape index (κ3) is 33.2. The number of nitrogens with one attached hydrogen (secondary N) is 4. The van der Waals surface area contributed by atoms with E-state index >= 15 is 0 Å². The lowest BCUT2D eigenvalue weighted by Gasteiger charge is -2.17.